The maximum atomic E-state index is 12.2. The first-order chi connectivity index (χ1) is 7.12. The van der Waals surface area contributed by atoms with Gasteiger partial charge >= 0.3 is 0 Å². The lowest BCUT2D eigenvalue weighted by molar-refractivity contribution is -0.138. The molecule has 1 N–H and O–H groups in total. The highest BCUT2D eigenvalue weighted by Gasteiger charge is 2.38. The van der Waals surface area contributed by atoms with E-state index in [-0.39, 0.29) is 17.8 Å². The predicted octanol–water partition coefficient (Wildman–Crippen LogP) is 1.67. The Hall–Kier alpha value is -0.280. The topological polar surface area (TPSA) is 32.3 Å². The van der Waals surface area contributed by atoms with E-state index in [0.717, 1.165) is 32.0 Å². The molecular formula is C12H23ClN2O. The molecule has 1 saturated heterocycles. The Balaban J connectivity index is 0.00000128. The highest BCUT2D eigenvalue weighted by Crippen LogP contribution is 2.33. The van der Waals surface area contributed by atoms with Crippen LogP contribution in [-0.4, -0.2) is 37.5 Å². The van der Waals surface area contributed by atoms with Crippen LogP contribution < -0.4 is 5.32 Å². The van der Waals surface area contributed by atoms with Crippen molar-refractivity contribution in [3.05, 3.63) is 0 Å². The van der Waals surface area contributed by atoms with Crippen LogP contribution in [-0.2, 0) is 4.79 Å². The third-order valence-electron chi connectivity index (χ3n) is 3.80. The van der Waals surface area contributed by atoms with Crippen molar-refractivity contribution >= 4 is 18.3 Å². The van der Waals surface area contributed by atoms with Crippen molar-refractivity contribution in [2.75, 3.05) is 26.7 Å². The largest absolute Gasteiger partial charge is 0.345 e. The highest BCUT2D eigenvalue weighted by molar-refractivity contribution is 5.85. The third kappa shape index (κ3) is 3.11. The van der Waals surface area contributed by atoms with Crippen LogP contribution in [0.4, 0.5) is 0 Å². The molecule has 1 saturated carbocycles. The van der Waals surface area contributed by atoms with Crippen LogP contribution in [0, 0.1) is 11.3 Å². The van der Waals surface area contributed by atoms with Gasteiger partial charge in [0.1, 0.15) is 0 Å². The fourth-order valence-electron chi connectivity index (χ4n) is 2.34. The zero-order valence-electron chi connectivity index (χ0n) is 10.3. The molecular weight excluding hydrogens is 224 g/mol. The lowest BCUT2D eigenvalue weighted by Crippen LogP contribution is -2.42. The summed E-state index contributed by atoms with van der Waals surface area (Å²) in [6, 6.07) is 0. The molecule has 0 aromatic carbocycles. The van der Waals surface area contributed by atoms with Gasteiger partial charge in [-0.2, -0.15) is 0 Å². The molecule has 3 nitrogen and oxygen atoms in total. The molecule has 0 aromatic rings. The Morgan fingerprint density at radius 2 is 2.19 bits per heavy atom. The molecule has 0 bridgehead atoms. The Morgan fingerprint density at radius 1 is 1.50 bits per heavy atom. The SMILES string of the molecule is CN(CCC1CC1)C(=O)C1(C)CCNC1.Cl. The highest BCUT2D eigenvalue weighted by atomic mass is 35.5. The van der Waals surface area contributed by atoms with Crippen LogP contribution in [0.5, 0.6) is 0 Å². The summed E-state index contributed by atoms with van der Waals surface area (Å²) in [6.45, 7) is 4.86. The molecule has 1 unspecified atom stereocenters. The lowest BCUT2D eigenvalue weighted by Gasteiger charge is -2.28. The molecule has 0 spiro atoms. The Labute approximate surface area is 104 Å². The quantitative estimate of drug-likeness (QED) is 0.819. The van der Waals surface area contributed by atoms with E-state index in [4.69, 9.17) is 0 Å². The van der Waals surface area contributed by atoms with Gasteiger partial charge in [0.15, 0.2) is 0 Å². The molecule has 1 aliphatic carbocycles. The first-order valence-electron chi connectivity index (χ1n) is 6.08. The second kappa shape index (κ2) is 5.37. The summed E-state index contributed by atoms with van der Waals surface area (Å²) >= 11 is 0. The number of nitrogens with one attached hydrogen (secondary N) is 1. The fraction of sp³-hybridized carbons (Fsp3) is 0.917. The number of amides is 1. The second-order valence-corrected chi connectivity index (χ2v) is 5.45. The molecule has 4 heteroatoms. The van der Waals surface area contributed by atoms with E-state index in [1.54, 1.807) is 0 Å². The van der Waals surface area contributed by atoms with Gasteiger partial charge in [-0.15, -0.1) is 12.4 Å². The maximum Gasteiger partial charge on any atom is 0.229 e. The summed E-state index contributed by atoms with van der Waals surface area (Å²) in [4.78, 5) is 14.1. The van der Waals surface area contributed by atoms with Crippen LogP contribution in [0.15, 0.2) is 0 Å². The van der Waals surface area contributed by atoms with Crippen molar-refractivity contribution in [3.63, 3.8) is 0 Å². The van der Waals surface area contributed by atoms with Gasteiger partial charge in [0.25, 0.3) is 0 Å². The molecule has 94 valence electrons. The number of nitrogens with zero attached hydrogens (tertiary/aromatic N) is 1. The van der Waals surface area contributed by atoms with Gasteiger partial charge < -0.3 is 10.2 Å². The molecule has 1 heterocycles. The van der Waals surface area contributed by atoms with E-state index < -0.39 is 0 Å². The second-order valence-electron chi connectivity index (χ2n) is 5.45. The number of halogens is 1. The van der Waals surface area contributed by atoms with Crippen molar-refractivity contribution in [2.45, 2.75) is 32.6 Å². The van der Waals surface area contributed by atoms with E-state index in [9.17, 15) is 4.79 Å². The van der Waals surface area contributed by atoms with Crippen molar-refractivity contribution in [2.24, 2.45) is 11.3 Å². The summed E-state index contributed by atoms with van der Waals surface area (Å²) in [7, 11) is 1.95. The number of hydrogen-bond acceptors (Lipinski definition) is 2. The molecule has 2 fully saturated rings. The van der Waals surface area contributed by atoms with E-state index in [2.05, 4.69) is 12.2 Å². The fourth-order valence-corrected chi connectivity index (χ4v) is 2.34. The number of rotatable bonds is 4. The van der Waals surface area contributed by atoms with Crippen molar-refractivity contribution < 1.29 is 4.79 Å². The van der Waals surface area contributed by atoms with Crippen molar-refractivity contribution in [3.8, 4) is 0 Å². The Kier molecular flexibility index (Phi) is 4.62. The summed E-state index contributed by atoms with van der Waals surface area (Å²) in [5.41, 5.74) is -0.141. The van der Waals surface area contributed by atoms with Gasteiger partial charge in [0, 0.05) is 20.1 Å². The number of hydrogen-bond donors (Lipinski definition) is 1. The standard InChI is InChI=1S/C12H22N2O.ClH/c1-12(6-7-13-9-12)11(15)14(2)8-5-10-3-4-10;/h10,13H,3-9H2,1-2H3;1H. The Bertz CT molecular complexity index is 247. The van der Waals surface area contributed by atoms with Crippen molar-refractivity contribution in [1.82, 2.24) is 10.2 Å². The molecule has 1 atom stereocenters. The zero-order valence-corrected chi connectivity index (χ0v) is 11.1. The van der Waals surface area contributed by atoms with Crippen molar-refractivity contribution in [1.29, 1.82) is 0 Å². The third-order valence-corrected chi connectivity index (χ3v) is 3.80. The molecule has 16 heavy (non-hydrogen) atoms. The first-order valence-corrected chi connectivity index (χ1v) is 6.08. The summed E-state index contributed by atoms with van der Waals surface area (Å²) in [5, 5.41) is 3.28. The molecule has 1 amide bonds. The van der Waals surface area contributed by atoms with Gasteiger partial charge in [-0.1, -0.05) is 12.8 Å². The Morgan fingerprint density at radius 3 is 2.69 bits per heavy atom. The van der Waals surface area contributed by atoms with Crippen LogP contribution in [0.25, 0.3) is 0 Å². The average molecular weight is 247 g/mol. The van der Waals surface area contributed by atoms with Gasteiger partial charge in [0.2, 0.25) is 5.91 Å². The van der Waals surface area contributed by atoms with E-state index >= 15 is 0 Å². The summed E-state index contributed by atoms with van der Waals surface area (Å²) in [6.07, 6.45) is 4.94. The van der Waals surface area contributed by atoms with E-state index in [1.807, 2.05) is 11.9 Å². The predicted molar refractivity (Wildman–Crippen MR) is 67.8 cm³/mol. The lowest BCUT2D eigenvalue weighted by atomic mass is 9.88. The monoisotopic (exact) mass is 246 g/mol. The summed E-state index contributed by atoms with van der Waals surface area (Å²) in [5.74, 6) is 1.24. The minimum Gasteiger partial charge on any atom is -0.345 e. The van der Waals surface area contributed by atoms with E-state index in [1.165, 1.54) is 19.3 Å². The maximum absolute atomic E-state index is 12.2. The van der Waals surface area contributed by atoms with E-state index in [0.29, 0.717) is 5.91 Å². The van der Waals surface area contributed by atoms with Gasteiger partial charge in [-0.3, -0.25) is 4.79 Å². The van der Waals surface area contributed by atoms with Crippen LogP contribution in [0.3, 0.4) is 0 Å². The van der Waals surface area contributed by atoms with Gasteiger partial charge in [0.05, 0.1) is 5.41 Å². The molecule has 2 aliphatic rings. The molecule has 2 rings (SSSR count). The normalized spacial score (nSPS) is 28.6. The van der Waals surface area contributed by atoms with Gasteiger partial charge in [-0.25, -0.2) is 0 Å². The minimum absolute atomic E-state index is 0. The molecule has 0 radical (unpaired) electrons. The summed E-state index contributed by atoms with van der Waals surface area (Å²) < 4.78 is 0. The van der Waals surface area contributed by atoms with Crippen LogP contribution in [0.2, 0.25) is 0 Å². The minimum atomic E-state index is -0.141. The molecule has 0 aromatic heterocycles. The average Bonchev–Trinajstić information content (AvgIpc) is 2.96. The smallest absolute Gasteiger partial charge is 0.229 e. The zero-order chi connectivity index (χ0) is 10.9. The first kappa shape index (κ1) is 13.8. The molecule has 1 aliphatic heterocycles. The van der Waals surface area contributed by atoms with Crippen LogP contribution >= 0.6 is 12.4 Å². The number of carbonyl (C=O) groups is 1. The van der Waals surface area contributed by atoms with Crippen LogP contribution in [0.1, 0.15) is 32.6 Å². The van der Waals surface area contributed by atoms with Gasteiger partial charge in [-0.05, 0) is 32.2 Å². The number of carbonyl (C=O) groups excluding carboxylic acids is 1.